The number of aryl methyl sites for hydroxylation is 4. The Balaban J connectivity index is 1.16. The van der Waals surface area contributed by atoms with Crippen molar-refractivity contribution in [3.05, 3.63) is 153 Å². The first kappa shape index (κ1) is 42.9. The van der Waals surface area contributed by atoms with E-state index in [2.05, 4.69) is 217 Å². The first-order valence-corrected chi connectivity index (χ1v) is 24.7. The van der Waals surface area contributed by atoms with Crippen LogP contribution in [0.4, 0.5) is 0 Å². The van der Waals surface area contributed by atoms with Crippen LogP contribution in [0, 0.1) is 27.7 Å². The fourth-order valence-corrected chi connectivity index (χ4v) is 12.9. The second kappa shape index (κ2) is 13.2. The molecule has 0 unspecified atom stereocenters. The molecular formula is C62H64N6. The van der Waals surface area contributed by atoms with Gasteiger partial charge in [-0.3, -0.25) is 8.80 Å². The van der Waals surface area contributed by atoms with Gasteiger partial charge in [0.1, 0.15) is 11.3 Å². The lowest BCUT2D eigenvalue weighted by atomic mass is 9.55. The zero-order valence-electron chi connectivity index (χ0n) is 42.9. The van der Waals surface area contributed by atoms with E-state index >= 15 is 0 Å². The zero-order chi connectivity index (χ0) is 48.2. The van der Waals surface area contributed by atoms with Gasteiger partial charge >= 0.3 is 0 Å². The van der Waals surface area contributed by atoms with Crippen LogP contribution in [-0.2, 0) is 32.5 Å². The minimum atomic E-state index is -0.521. The van der Waals surface area contributed by atoms with Gasteiger partial charge in [0.25, 0.3) is 0 Å². The molecule has 0 spiro atoms. The highest BCUT2D eigenvalue weighted by Crippen LogP contribution is 2.59. The summed E-state index contributed by atoms with van der Waals surface area (Å²) in [5.74, 6) is 0. The molecule has 8 heterocycles. The summed E-state index contributed by atoms with van der Waals surface area (Å²) in [6.45, 7) is 38.0. The molecule has 342 valence electrons. The van der Waals surface area contributed by atoms with E-state index in [4.69, 9.17) is 19.9 Å². The number of fused-ring (bicyclic) bond motifs is 6. The Morgan fingerprint density at radius 3 is 1.07 bits per heavy atom. The van der Waals surface area contributed by atoms with E-state index in [0.29, 0.717) is 0 Å². The third-order valence-electron chi connectivity index (χ3n) is 18.9. The third kappa shape index (κ3) is 4.99. The first-order valence-electron chi connectivity index (χ1n) is 24.7. The van der Waals surface area contributed by atoms with Gasteiger partial charge in [0, 0.05) is 65.2 Å². The Labute approximate surface area is 400 Å². The summed E-state index contributed by atoms with van der Waals surface area (Å²) in [7, 11) is 0. The molecule has 0 amide bonds. The number of para-hydroxylation sites is 2. The van der Waals surface area contributed by atoms with Crippen LogP contribution in [-0.4, -0.2) is 28.7 Å². The molecule has 10 aromatic rings. The molecule has 6 aromatic heterocycles. The zero-order valence-corrected chi connectivity index (χ0v) is 42.9. The van der Waals surface area contributed by atoms with Gasteiger partial charge in [0.05, 0.1) is 56.2 Å². The van der Waals surface area contributed by atoms with E-state index in [1.165, 1.54) is 77.7 Å². The Morgan fingerprint density at radius 1 is 0.382 bits per heavy atom. The number of hydrogen-bond acceptors (Lipinski definition) is 4. The van der Waals surface area contributed by atoms with E-state index in [0.717, 1.165) is 55.9 Å². The highest BCUT2D eigenvalue weighted by Gasteiger charge is 2.56. The monoisotopic (exact) mass is 893 g/mol. The van der Waals surface area contributed by atoms with Crippen molar-refractivity contribution < 1.29 is 0 Å². The molecule has 0 bridgehead atoms. The van der Waals surface area contributed by atoms with Crippen molar-refractivity contribution in [3.63, 3.8) is 0 Å². The van der Waals surface area contributed by atoms with Crippen molar-refractivity contribution in [1.29, 1.82) is 0 Å². The predicted octanol–water partition coefficient (Wildman–Crippen LogP) is 15.3. The Kier molecular flexibility index (Phi) is 8.34. The average Bonchev–Trinajstić information content (AvgIpc) is 3.91. The van der Waals surface area contributed by atoms with Crippen LogP contribution in [0.1, 0.15) is 139 Å². The lowest BCUT2D eigenvalue weighted by molar-refractivity contribution is 0.243. The van der Waals surface area contributed by atoms with Gasteiger partial charge in [-0.1, -0.05) is 156 Å². The Hall–Kier alpha value is -6.40. The Bertz CT molecular complexity index is 3610. The molecule has 6 nitrogen and oxygen atoms in total. The van der Waals surface area contributed by atoms with Gasteiger partial charge in [-0.2, -0.15) is 0 Å². The molecule has 4 aromatic carbocycles. The number of aromatic nitrogens is 6. The predicted molar refractivity (Wildman–Crippen MR) is 284 cm³/mol. The van der Waals surface area contributed by atoms with Gasteiger partial charge in [-0.25, -0.2) is 19.9 Å². The molecular weight excluding hydrogens is 829 g/mol. The fourth-order valence-electron chi connectivity index (χ4n) is 12.9. The number of hydrogen-bond donors (Lipinski definition) is 0. The molecule has 0 N–H and O–H groups in total. The van der Waals surface area contributed by atoms with Crippen LogP contribution in [0.3, 0.4) is 0 Å². The summed E-state index contributed by atoms with van der Waals surface area (Å²) >= 11 is 0. The normalized spacial score (nSPS) is 17.0. The lowest BCUT2D eigenvalue weighted by Crippen LogP contribution is -2.50. The number of pyridine rings is 4. The average molecular weight is 893 g/mol. The summed E-state index contributed by atoms with van der Waals surface area (Å²) in [6.07, 6.45) is 0. The molecule has 0 atom stereocenters. The van der Waals surface area contributed by atoms with Gasteiger partial charge in [0.15, 0.2) is 0 Å². The fraction of sp³-hybridized carbons (Fsp3) is 0.355. The highest BCUT2D eigenvalue weighted by atomic mass is 15.1. The van der Waals surface area contributed by atoms with Crippen LogP contribution in [0.15, 0.2) is 97.1 Å². The summed E-state index contributed by atoms with van der Waals surface area (Å²) in [5.41, 5.74) is 21.1. The maximum Gasteiger partial charge on any atom is 0.147 e. The SMILES string of the molecule is Cc1cccc(C)c1-c1ccc2c(n1)c1cccc3c1n1c(c(C(C)(C)C(C)(C)c4nc5c6ccc(-c7c(C)cccc7C)nc6c6cccc7c6n5c4C(C)(C)C7(C)C)nc21)C(C)(C)C3(C)C. The van der Waals surface area contributed by atoms with Crippen molar-refractivity contribution in [1.82, 2.24) is 28.7 Å². The number of benzene rings is 4. The van der Waals surface area contributed by atoms with E-state index in [1.54, 1.807) is 0 Å². The number of rotatable bonds is 5. The van der Waals surface area contributed by atoms with Crippen molar-refractivity contribution in [2.45, 2.75) is 143 Å². The van der Waals surface area contributed by atoms with Gasteiger partial charge in [0.2, 0.25) is 0 Å². The second-order valence-electron chi connectivity index (χ2n) is 23.8. The molecule has 0 aliphatic carbocycles. The minimum absolute atomic E-state index is 0.236. The quantitative estimate of drug-likeness (QED) is 0.162. The summed E-state index contributed by atoms with van der Waals surface area (Å²) in [6, 6.07) is 35.8. The van der Waals surface area contributed by atoms with Crippen molar-refractivity contribution in [3.8, 4) is 22.5 Å². The second-order valence-corrected chi connectivity index (χ2v) is 23.8. The van der Waals surface area contributed by atoms with Crippen molar-refractivity contribution in [2.24, 2.45) is 0 Å². The molecule has 0 fully saturated rings. The summed E-state index contributed by atoms with van der Waals surface area (Å²) in [5, 5.41) is 4.48. The van der Waals surface area contributed by atoms with E-state index in [1.807, 2.05) is 0 Å². The Morgan fingerprint density at radius 2 is 0.721 bits per heavy atom. The molecule has 0 saturated heterocycles. The van der Waals surface area contributed by atoms with Crippen LogP contribution < -0.4 is 0 Å². The molecule has 12 rings (SSSR count). The molecule has 2 aliphatic rings. The smallest absolute Gasteiger partial charge is 0.147 e. The number of imidazole rings is 2. The molecule has 0 radical (unpaired) electrons. The summed E-state index contributed by atoms with van der Waals surface area (Å²) < 4.78 is 5.08. The van der Waals surface area contributed by atoms with Crippen LogP contribution in [0.25, 0.3) is 77.4 Å². The van der Waals surface area contributed by atoms with Crippen LogP contribution in [0.5, 0.6) is 0 Å². The van der Waals surface area contributed by atoms with E-state index in [9.17, 15) is 0 Å². The molecule has 68 heavy (non-hydrogen) atoms. The molecule has 0 saturated carbocycles. The van der Waals surface area contributed by atoms with Gasteiger partial charge in [-0.05, 0) is 85.3 Å². The summed E-state index contributed by atoms with van der Waals surface area (Å²) in [4.78, 5) is 23.1. The maximum atomic E-state index is 5.97. The third-order valence-corrected chi connectivity index (χ3v) is 18.9. The first-order chi connectivity index (χ1) is 32.0. The van der Waals surface area contributed by atoms with Gasteiger partial charge in [-0.15, -0.1) is 0 Å². The topological polar surface area (TPSA) is 60.4 Å². The minimum Gasteiger partial charge on any atom is -0.295 e. The number of nitrogens with zero attached hydrogens (tertiary/aromatic N) is 6. The van der Waals surface area contributed by atoms with E-state index in [-0.39, 0.29) is 21.7 Å². The van der Waals surface area contributed by atoms with E-state index < -0.39 is 10.8 Å². The maximum absolute atomic E-state index is 5.97. The standard InChI is InChI=1S/C62H64N6/c1-33-21-17-22-34(2)45(33)43-31-29-39-47(63-43)37-25-19-27-41-49(37)67-53(61(13,14)57(41,5)6)51(65-55(39)67)59(9,10)60(11,12)52-54-62(15,16)58(7,8)42-28-20-26-38-48-40(56(66-52)68(54)50(38)42)30-32-44(64-48)46-35(3)23-18-24-36(46)4/h17-32H,1-16H3. The van der Waals surface area contributed by atoms with Crippen LogP contribution >= 0.6 is 0 Å². The van der Waals surface area contributed by atoms with Crippen LogP contribution in [0.2, 0.25) is 0 Å². The van der Waals surface area contributed by atoms with Crippen molar-refractivity contribution >= 4 is 54.9 Å². The van der Waals surface area contributed by atoms with Crippen molar-refractivity contribution in [2.75, 3.05) is 0 Å². The lowest BCUT2D eigenvalue weighted by Gasteiger charge is -2.50. The molecule has 2 aliphatic heterocycles. The van der Waals surface area contributed by atoms with Gasteiger partial charge < -0.3 is 0 Å². The largest absolute Gasteiger partial charge is 0.295 e. The highest BCUT2D eigenvalue weighted by molar-refractivity contribution is 6.13. The molecule has 6 heteroatoms.